The normalized spacial score (nSPS) is 13.5. The van der Waals surface area contributed by atoms with Gasteiger partial charge in [-0.25, -0.2) is 0 Å². The van der Waals surface area contributed by atoms with Crippen LogP contribution in [0.1, 0.15) is 27.8 Å². The van der Waals surface area contributed by atoms with Crippen LogP contribution in [0.5, 0.6) is 11.5 Å². The number of ether oxygens (including phenoxy) is 2. The summed E-state index contributed by atoms with van der Waals surface area (Å²) < 4.78 is 11.0. The smallest absolute Gasteiger partial charge is 0.224 e. The third-order valence-electron chi connectivity index (χ3n) is 5.98. The minimum absolute atomic E-state index is 0.0184. The lowest BCUT2D eigenvalue weighted by molar-refractivity contribution is -0.120. The van der Waals surface area contributed by atoms with E-state index < -0.39 is 0 Å². The zero-order valence-corrected chi connectivity index (χ0v) is 19.4. The van der Waals surface area contributed by atoms with Crippen LogP contribution in [0.2, 0.25) is 0 Å². The molecule has 1 atom stereocenters. The maximum absolute atomic E-state index is 13.1. The van der Waals surface area contributed by atoms with Gasteiger partial charge < -0.3 is 14.8 Å². The number of aliphatic imine (C=N–C) groups is 1. The lowest BCUT2D eigenvalue weighted by Crippen LogP contribution is -2.44. The molecule has 1 N–H and O–H groups in total. The fraction of sp³-hybridized carbons (Fsp3) is 0.286. The average molecular weight is 443 g/mol. The predicted octanol–water partition coefficient (Wildman–Crippen LogP) is 4.33. The van der Waals surface area contributed by atoms with Crippen molar-refractivity contribution >= 4 is 11.6 Å². The van der Waals surface area contributed by atoms with Gasteiger partial charge in [-0.2, -0.15) is 0 Å². The second-order valence-electron chi connectivity index (χ2n) is 8.35. The Morgan fingerprint density at radius 2 is 1.67 bits per heavy atom. The highest BCUT2D eigenvalue weighted by atomic mass is 16.5. The maximum Gasteiger partial charge on any atom is 0.224 e. The van der Waals surface area contributed by atoms with Crippen molar-refractivity contribution in [3.63, 3.8) is 0 Å². The molecule has 1 amide bonds. The van der Waals surface area contributed by atoms with Crippen LogP contribution in [0.25, 0.3) is 0 Å². The Balaban J connectivity index is 1.64. The number of fused-ring (bicyclic) bond motifs is 1. The molecule has 1 aliphatic rings. The van der Waals surface area contributed by atoms with E-state index in [1.54, 1.807) is 14.2 Å². The number of rotatable bonds is 8. The van der Waals surface area contributed by atoms with Gasteiger partial charge in [0, 0.05) is 12.1 Å². The van der Waals surface area contributed by atoms with Crippen molar-refractivity contribution in [1.29, 1.82) is 0 Å². The molecular weight excluding hydrogens is 412 g/mol. The number of carbonyl (C=O) groups is 1. The number of nitrogens with zero attached hydrogens (tertiary/aromatic N) is 1. The quantitative estimate of drug-likeness (QED) is 0.565. The van der Waals surface area contributed by atoms with Crippen molar-refractivity contribution in [3.05, 3.63) is 94.5 Å². The summed E-state index contributed by atoms with van der Waals surface area (Å²) in [7, 11) is 3.28. The Kier molecular flexibility index (Phi) is 7.08. The molecule has 1 heterocycles. The minimum atomic E-state index is -0.248. The molecule has 3 aromatic rings. The van der Waals surface area contributed by atoms with Crippen molar-refractivity contribution < 1.29 is 14.3 Å². The lowest BCUT2D eigenvalue weighted by atomic mass is 9.90. The van der Waals surface area contributed by atoms with Crippen LogP contribution in [0.15, 0.2) is 71.7 Å². The molecular formula is C28H30N2O3. The first-order chi connectivity index (χ1) is 16.1. The predicted molar refractivity (Wildman–Crippen MR) is 132 cm³/mol. The molecule has 1 aliphatic heterocycles. The van der Waals surface area contributed by atoms with Crippen LogP contribution in [-0.4, -0.2) is 38.4 Å². The van der Waals surface area contributed by atoms with Gasteiger partial charge in [-0.3, -0.25) is 9.79 Å². The van der Waals surface area contributed by atoms with Crippen LogP contribution < -0.4 is 14.8 Å². The van der Waals surface area contributed by atoms with Crippen LogP contribution in [0, 0.1) is 6.92 Å². The average Bonchev–Trinajstić information content (AvgIpc) is 2.84. The summed E-state index contributed by atoms with van der Waals surface area (Å²) in [6.45, 7) is 2.72. The van der Waals surface area contributed by atoms with Crippen LogP contribution in [0.3, 0.4) is 0 Å². The van der Waals surface area contributed by atoms with Gasteiger partial charge in [0.15, 0.2) is 11.5 Å². The monoisotopic (exact) mass is 442 g/mol. The summed E-state index contributed by atoms with van der Waals surface area (Å²) in [5, 5.41) is 3.26. The molecule has 0 radical (unpaired) electrons. The molecule has 170 valence electrons. The van der Waals surface area contributed by atoms with Gasteiger partial charge >= 0.3 is 0 Å². The van der Waals surface area contributed by atoms with Crippen LogP contribution >= 0.6 is 0 Å². The van der Waals surface area contributed by atoms with Crippen LogP contribution in [0.4, 0.5) is 0 Å². The Labute approximate surface area is 195 Å². The van der Waals surface area contributed by atoms with Crippen molar-refractivity contribution in [1.82, 2.24) is 5.32 Å². The minimum Gasteiger partial charge on any atom is -0.493 e. The molecule has 0 aromatic heterocycles. The highest BCUT2D eigenvalue weighted by molar-refractivity contribution is 6.08. The third kappa shape index (κ3) is 5.43. The fourth-order valence-corrected chi connectivity index (χ4v) is 4.25. The third-order valence-corrected chi connectivity index (χ3v) is 5.98. The van der Waals surface area contributed by atoms with E-state index in [2.05, 4.69) is 17.4 Å². The summed E-state index contributed by atoms with van der Waals surface area (Å²) in [5.41, 5.74) is 6.37. The largest absolute Gasteiger partial charge is 0.493 e. The molecule has 0 aliphatic carbocycles. The standard InChI is InChI=1S/C28H30N2O3/c1-19-9-11-21(12-10-19)16-27(31)30-24(15-20-7-5-4-6-8-20)28-23-18-26(33-3)25(32-2)17-22(23)13-14-29-28/h4-12,17-18,24H,13-16H2,1-3H3,(H,30,31)/t24-/m0/s1. The molecule has 4 rings (SSSR count). The first-order valence-corrected chi connectivity index (χ1v) is 11.3. The Morgan fingerprint density at radius 1 is 0.970 bits per heavy atom. The molecule has 0 fully saturated rings. The summed E-state index contributed by atoms with van der Waals surface area (Å²) in [6.07, 6.45) is 1.82. The number of benzene rings is 3. The molecule has 5 nitrogen and oxygen atoms in total. The van der Waals surface area contributed by atoms with Gasteiger partial charge in [0.1, 0.15) is 0 Å². The molecule has 3 aromatic carbocycles. The van der Waals surface area contributed by atoms with Gasteiger partial charge in [-0.1, -0.05) is 60.2 Å². The fourth-order valence-electron chi connectivity index (χ4n) is 4.25. The van der Waals surface area contributed by atoms with E-state index in [9.17, 15) is 4.79 Å². The second kappa shape index (κ2) is 10.3. The molecule has 0 saturated carbocycles. The first-order valence-electron chi connectivity index (χ1n) is 11.3. The summed E-state index contributed by atoms with van der Waals surface area (Å²) in [6, 6.07) is 22.0. The zero-order chi connectivity index (χ0) is 23.2. The molecule has 0 bridgehead atoms. The zero-order valence-electron chi connectivity index (χ0n) is 19.4. The van der Waals surface area contributed by atoms with Crippen molar-refractivity contribution in [2.75, 3.05) is 20.8 Å². The van der Waals surface area contributed by atoms with E-state index in [0.717, 1.165) is 34.4 Å². The maximum atomic E-state index is 13.1. The molecule has 5 heteroatoms. The first kappa shape index (κ1) is 22.6. The van der Waals surface area contributed by atoms with E-state index in [1.807, 2.05) is 61.5 Å². The van der Waals surface area contributed by atoms with Gasteiger partial charge in [0.25, 0.3) is 0 Å². The number of aryl methyl sites for hydroxylation is 1. The molecule has 0 saturated heterocycles. The summed E-state index contributed by atoms with van der Waals surface area (Å²) in [5.74, 6) is 1.35. The number of methoxy groups -OCH3 is 2. The Morgan fingerprint density at radius 3 is 2.36 bits per heavy atom. The number of amides is 1. The van der Waals surface area contributed by atoms with E-state index in [4.69, 9.17) is 14.5 Å². The highest BCUT2D eigenvalue weighted by Gasteiger charge is 2.26. The van der Waals surface area contributed by atoms with Gasteiger partial charge in [0.2, 0.25) is 5.91 Å². The van der Waals surface area contributed by atoms with E-state index >= 15 is 0 Å². The number of hydrogen-bond acceptors (Lipinski definition) is 4. The number of hydrogen-bond donors (Lipinski definition) is 1. The topological polar surface area (TPSA) is 59.9 Å². The molecule has 0 spiro atoms. The van der Waals surface area contributed by atoms with E-state index in [1.165, 1.54) is 5.56 Å². The van der Waals surface area contributed by atoms with Gasteiger partial charge in [0.05, 0.1) is 32.4 Å². The highest BCUT2D eigenvalue weighted by Crippen LogP contribution is 2.33. The van der Waals surface area contributed by atoms with Gasteiger partial charge in [-0.05, 0) is 48.6 Å². The van der Waals surface area contributed by atoms with Crippen molar-refractivity contribution in [2.24, 2.45) is 4.99 Å². The molecule has 0 unspecified atom stereocenters. The molecule has 33 heavy (non-hydrogen) atoms. The number of nitrogens with one attached hydrogen (secondary N) is 1. The van der Waals surface area contributed by atoms with Crippen LogP contribution in [-0.2, 0) is 24.1 Å². The van der Waals surface area contributed by atoms with Gasteiger partial charge in [-0.15, -0.1) is 0 Å². The Bertz CT molecular complexity index is 1140. The lowest BCUT2D eigenvalue weighted by Gasteiger charge is -2.26. The van der Waals surface area contributed by atoms with Crippen molar-refractivity contribution in [2.45, 2.75) is 32.2 Å². The van der Waals surface area contributed by atoms with E-state index in [0.29, 0.717) is 30.9 Å². The number of carbonyl (C=O) groups excluding carboxylic acids is 1. The summed E-state index contributed by atoms with van der Waals surface area (Å²) >= 11 is 0. The SMILES string of the molecule is COc1cc2c(cc1OC)C([C@H](Cc1ccccc1)NC(=O)Cc1ccc(C)cc1)=NCC2. The van der Waals surface area contributed by atoms with E-state index in [-0.39, 0.29) is 11.9 Å². The van der Waals surface area contributed by atoms with Crippen molar-refractivity contribution in [3.8, 4) is 11.5 Å². The summed E-state index contributed by atoms with van der Waals surface area (Å²) in [4.78, 5) is 17.9. The Hall–Kier alpha value is -3.60. The second-order valence-corrected chi connectivity index (χ2v) is 8.35.